The third-order valence-corrected chi connectivity index (χ3v) is 4.76. The summed E-state index contributed by atoms with van der Waals surface area (Å²) in [6.07, 6.45) is 2.04. The molecule has 0 radical (unpaired) electrons. The van der Waals surface area contributed by atoms with Gasteiger partial charge in [0, 0.05) is 37.8 Å². The van der Waals surface area contributed by atoms with E-state index in [0.717, 1.165) is 44.6 Å². The van der Waals surface area contributed by atoms with Crippen LogP contribution in [0.3, 0.4) is 0 Å². The van der Waals surface area contributed by atoms with Crippen LogP contribution in [0.4, 0.5) is 4.39 Å². The fourth-order valence-corrected chi connectivity index (χ4v) is 3.26. The first-order valence-electron chi connectivity index (χ1n) is 7.90. The standard InChI is InChI=1S/C17H26ClFN2/c1-12(2)4-7-15(21-10-8-20-9-11-21)16-14(19)6-5-13(3)17(16)18/h5-6,12,15,20H,4,7-11H2,1-3H3/t15-/m1/s1. The first-order chi connectivity index (χ1) is 10.0. The molecule has 1 aliphatic rings. The quantitative estimate of drug-likeness (QED) is 0.878. The highest BCUT2D eigenvalue weighted by Crippen LogP contribution is 2.36. The third kappa shape index (κ3) is 4.18. The number of aryl methyl sites for hydroxylation is 1. The Kier molecular flexibility index (Phi) is 6.03. The predicted octanol–water partition coefficient (Wildman–Crippen LogP) is 4.17. The lowest BCUT2D eigenvalue weighted by Crippen LogP contribution is -2.45. The second-order valence-electron chi connectivity index (χ2n) is 6.36. The van der Waals surface area contributed by atoms with Crippen LogP contribution in [0, 0.1) is 18.7 Å². The zero-order valence-corrected chi connectivity index (χ0v) is 14.0. The van der Waals surface area contributed by atoms with Crippen LogP contribution in [0.5, 0.6) is 0 Å². The van der Waals surface area contributed by atoms with Crippen molar-refractivity contribution in [3.63, 3.8) is 0 Å². The molecule has 1 aromatic rings. The number of hydrogen-bond donors (Lipinski definition) is 1. The second-order valence-corrected chi connectivity index (χ2v) is 6.74. The molecule has 2 rings (SSSR count). The number of nitrogens with zero attached hydrogens (tertiary/aromatic N) is 1. The van der Waals surface area contributed by atoms with E-state index in [9.17, 15) is 4.39 Å². The normalized spacial score (nSPS) is 18.2. The minimum atomic E-state index is -0.169. The molecule has 1 N–H and O–H groups in total. The molecule has 1 atom stereocenters. The number of halogens is 2. The van der Waals surface area contributed by atoms with Crippen LogP contribution in [0.15, 0.2) is 12.1 Å². The Morgan fingerprint density at radius 2 is 1.90 bits per heavy atom. The van der Waals surface area contributed by atoms with Gasteiger partial charge in [-0.25, -0.2) is 4.39 Å². The molecule has 21 heavy (non-hydrogen) atoms. The van der Waals surface area contributed by atoms with Crippen LogP contribution >= 0.6 is 11.6 Å². The van der Waals surface area contributed by atoms with Gasteiger partial charge in [0.15, 0.2) is 0 Å². The molecule has 0 saturated carbocycles. The van der Waals surface area contributed by atoms with E-state index in [1.165, 1.54) is 0 Å². The summed E-state index contributed by atoms with van der Waals surface area (Å²) in [6, 6.07) is 3.40. The van der Waals surface area contributed by atoms with Crippen molar-refractivity contribution in [1.29, 1.82) is 0 Å². The maximum atomic E-state index is 14.4. The Morgan fingerprint density at radius 1 is 1.24 bits per heavy atom. The third-order valence-electron chi connectivity index (χ3n) is 4.26. The van der Waals surface area contributed by atoms with Gasteiger partial charge in [0.05, 0.1) is 5.02 Å². The van der Waals surface area contributed by atoms with Crippen molar-refractivity contribution in [1.82, 2.24) is 10.2 Å². The van der Waals surface area contributed by atoms with Gasteiger partial charge < -0.3 is 5.32 Å². The molecule has 0 aliphatic carbocycles. The van der Waals surface area contributed by atoms with Crippen LogP contribution < -0.4 is 5.32 Å². The van der Waals surface area contributed by atoms with Gasteiger partial charge in [0.25, 0.3) is 0 Å². The Hall–Kier alpha value is -0.640. The first kappa shape index (κ1) is 16.7. The van der Waals surface area contributed by atoms with Gasteiger partial charge in [-0.1, -0.05) is 31.5 Å². The molecule has 1 saturated heterocycles. The summed E-state index contributed by atoms with van der Waals surface area (Å²) in [5.74, 6) is 0.444. The van der Waals surface area contributed by atoms with Crippen LogP contribution in [0.2, 0.25) is 5.02 Å². The SMILES string of the molecule is Cc1ccc(F)c([C@@H](CCC(C)C)N2CCNCC2)c1Cl. The fraction of sp³-hybridized carbons (Fsp3) is 0.647. The van der Waals surface area contributed by atoms with Crippen molar-refractivity contribution in [2.24, 2.45) is 5.92 Å². The average Bonchev–Trinajstić information content (AvgIpc) is 2.47. The summed E-state index contributed by atoms with van der Waals surface area (Å²) >= 11 is 6.45. The van der Waals surface area contributed by atoms with E-state index in [1.54, 1.807) is 12.1 Å². The van der Waals surface area contributed by atoms with Crippen LogP contribution in [-0.4, -0.2) is 31.1 Å². The predicted molar refractivity (Wildman–Crippen MR) is 87.4 cm³/mol. The molecule has 4 heteroatoms. The molecular weight excluding hydrogens is 287 g/mol. The van der Waals surface area contributed by atoms with E-state index >= 15 is 0 Å². The van der Waals surface area contributed by atoms with E-state index in [0.29, 0.717) is 16.5 Å². The van der Waals surface area contributed by atoms with Crippen molar-refractivity contribution in [3.8, 4) is 0 Å². The maximum Gasteiger partial charge on any atom is 0.129 e. The van der Waals surface area contributed by atoms with Gasteiger partial charge in [-0.15, -0.1) is 0 Å². The Bertz CT molecular complexity index is 470. The monoisotopic (exact) mass is 312 g/mol. The number of hydrogen-bond acceptors (Lipinski definition) is 2. The lowest BCUT2D eigenvalue weighted by Gasteiger charge is -2.36. The van der Waals surface area contributed by atoms with E-state index < -0.39 is 0 Å². The minimum Gasteiger partial charge on any atom is -0.314 e. The van der Waals surface area contributed by atoms with E-state index in [1.807, 2.05) is 6.92 Å². The van der Waals surface area contributed by atoms with Gasteiger partial charge in [-0.2, -0.15) is 0 Å². The molecule has 1 fully saturated rings. The van der Waals surface area contributed by atoms with Crippen molar-refractivity contribution >= 4 is 11.6 Å². The number of rotatable bonds is 5. The highest BCUT2D eigenvalue weighted by atomic mass is 35.5. The highest BCUT2D eigenvalue weighted by molar-refractivity contribution is 6.32. The summed E-state index contributed by atoms with van der Waals surface area (Å²) in [7, 11) is 0. The van der Waals surface area contributed by atoms with Gasteiger partial charge in [-0.05, 0) is 37.3 Å². The molecular formula is C17H26ClFN2. The summed E-state index contributed by atoms with van der Waals surface area (Å²) in [4.78, 5) is 2.38. The fourth-order valence-electron chi connectivity index (χ4n) is 2.98. The number of benzene rings is 1. The molecule has 0 spiro atoms. The molecule has 0 amide bonds. The lowest BCUT2D eigenvalue weighted by molar-refractivity contribution is 0.156. The van der Waals surface area contributed by atoms with Crippen LogP contribution in [-0.2, 0) is 0 Å². The topological polar surface area (TPSA) is 15.3 Å². The molecule has 1 heterocycles. The minimum absolute atomic E-state index is 0.0851. The zero-order chi connectivity index (χ0) is 15.4. The molecule has 0 unspecified atom stereocenters. The van der Waals surface area contributed by atoms with Crippen LogP contribution in [0.25, 0.3) is 0 Å². The summed E-state index contributed by atoms with van der Waals surface area (Å²) < 4.78 is 14.4. The van der Waals surface area contributed by atoms with E-state index in [4.69, 9.17) is 11.6 Å². The molecule has 118 valence electrons. The molecule has 1 aliphatic heterocycles. The molecule has 2 nitrogen and oxygen atoms in total. The van der Waals surface area contributed by atoms with Crippen molar-refractivity contribution in [3.05, 3.63) is 34.1 Å². The Morgan fingerprint density at radius 3 is 2.52 bits per heavy atom. The van der Waals surface area contributed by atoms with Crippen molar-refractivity contribution in [2.45, 2.75) is 39.7 Å². The van der Waals surface area contributed by atoms with Crippen molar-refractivity contribution < 1.29 is 4.39 Å². The maximum absolute atomic E-state index is 14.4. The van der Waals surface area contributed by atoms with Crippen LogP contribution in [0.1, 0.15) is 43.9 Å². The molecule has 0 bridgehead atoms. The van der Waals surface area contributed by atoms with Gasteiger partial charge in [0.2, 0.25) is 0 Å². The lowest BCUT2D eigenvalue weighted by atomic mass is 9.94. The first-order valence-corrected chi connectivity index (χ1v) is 8.27. The summed E-state index contributed by atoms with van der Waals surface area (Å²) in [6.45, 7) is 10.2. The largest absolute Gasteiger partial charge is 0.314 e. The highest BCUT2D eigenvalue weighted by Gasteiger charge is 2.27. The summed E-state index contributed by atoms with van der Waals surface area (Å²) in [5.41, 5.74) is 1.65. The molecule has 0 aromatic heterocycles. The number of nitrogens with one attached hydrogen (secondary N) is 1. The second kappa shape index (κ2) is 7.57. The summed E-state index contributed by atoms with van der Waals surface area (Å²) in [5, 5.41) is 3.96. The smallest absolute Gasteiger partial charge is 0.129 e. The Labute approximate surface area is 132 Å². The van der Waals surface area contributed by atoms with E-state index in [-0.39, 0.29) is 11.9 Å². The molecule has 1 aromatic carbocycles. The Balaban J connectivity index is 2.31. The zero-order valence-electron chi connectivity index (χ0n) is 13.3. The van der Waals surface area contributed by atoms with Gasteiger partial charge >= 0.3 is 0 Å². The average molecular weight is 313 g/mol. The van der Waals surface area contributed by atoms with E-state index in [2.05, 4.69) is 24.1 Å². The van der Waals surface area contributed by atoms with Gasteiger partial charge in [0.1, 0.15) is 5.82 Å². The number of piperazine rings is 1. The van der Waals surface area contributed by atoms with Gasteiger partial charge in [-0.3, -0.25) is 4.90 Å². The van der Waals surface area contributed by atoms with Crippen molar-refractivity contribution in [2.75, 3.05) is 26.2 Å².